The third kappa shape index (κ3) is 3.78. The van der Waals surface area contributed by atoms with Crippen molar-refractivity contribution in [1.29, 1.82) is 0 Å². The summed E-state index contributed by atoms with van der Waals surface area (Å²) in [5, 5.41) is 3.58. The molecule has 3 aromatic rings. The van der Waals surface area contributed by atoms with E-state index in [1.54, 1.807) is 43.6 Å². The Morgan fingerprint density at radius 3 is 2.92 bits per heavy atom. The minimum Gasteiger partial charge on any atom is -0.481 e. The largest absolute Gasteiger partial charge is 0.481 e. The number of nitrogens with one attached hydrogen (secondary N) is 1. The topological polar surface area (TPSA) is 81.4 Å². The maximum absolute atomic E-state index is 12.1. The number of carbonyl (C=O) groups excluding carboxylic acids is 1. The van der Waals surface area contributed by atoms with Gasteiger partial charge in [-0.05, 0) is 36.8 Å². The highest BCUT2D eigenvalue weighted by Crippen LogP contribution is 2.20. The molecule has 24 heavy (non-hydrogen) atoms. The first-order valence-electron chi connectivity index (χ1n) is 7.49. The summed E-state index contributed by atoms with van der Waals surface area (Å²) in [6, 6.07) is 11.8. The Bertz CT molecular complexity index is 906. The minimum atomic E-state index is -0.686. The van der Waals surface area contributed by atoms with Crippen LogP contribution in [0.2, 0.25) is 0 Å². The van der Waals surface area contributed by atoms with Crippen LogP contribution in [0.3, 0.4) is 0 Å². The van der Waals surface area contributed by atoms with Crippen molar-refractivity contribution in [2.45, 2.75) is 19.6 Å². The molecule has 1 atom stereocenters. The number of carbonyl (C=O) groups is 1. The predicted molar refractivity (Wildman–Crippen MR) is 88.7 cm³/mol. The van der Waals surface area contributed by atoms with Gasteiger partial charge in [-0.15, -0.1) is 0 Å². The molecule has 0 radical (unpaired) electrons. The van der Waals surface area contributed by atoms with Crippen molar-refractivity contribution in [2.24, 2.45) is 0 Å². The van der Waals surface area contributed by atoms with Crippen molar-refractivity contribution in [2.75, 3.05) is 0 Å². The molecule has 0 saturated carbocycles. The molecule has 2 aromatic heterocycles. The predicted octanol–water partition coefficient (Wildman–Crippen LogP) is 2.27. The molecule has 2 heterocycles. The molecule has 0 saturated heterocycles. The van der Waals surface area contributed by atoms with Crippen LogP contribution in [0, 0.1) is 0 Å². The summed E-state index contributed by atoms with van der Waals surface area (Å²) in [4.78, 5) is 27.4. The molecule has 1 N–H and O–H groups in total. The molecule has 0 aliphatic carbocycles. The highest BCUT2D eigenvalue weighted by molar-refractivity contribution is 5.81. The van der Waals surface area contributed by atoms with Crippen molar-refractivity contribution in [3.05, 3.63) is 70.8 Å². The van der Waals surface area contributed by atoms with E-state index in [2.05, 4.69) is 10.3 Å². The summed E-state index contributed by atoms with van der Waals surface area (Å²) in [7, 11) is 0. The first kappa shape index (κ1) is 15.7. The summed E-state index contributed by atoms with van der Waals surface area (Å²) in [5.74, 6) is 0.217. The van der Waals surface area contributed by atoms with Crippen LogP contribution in [0.5, 0.6) is 5.75 Å². The molecule has 6 heteroatoms. The minimum absolute atomic E-state index is 0.242. The summed E-state index contributed by atoms with van der Waals surface area (Å²) in [5.41, 5.74) is 0.899. The van der Waals surface area contributed by atoms with Gasteiger partial charge in [0.2, 0.25) is 0 Å². The van der Waals surface area contributed by atoms with Gasteiger partial charge < -0.3 is 14.5 Å². The van der Waals surface area contributed by atoms with Gasteiger partial charge >= 0.3 is 5.63 Å². The fraction of sp³-hybridized carbons (Fsp3) is 0.167. The number of hydrogen-bond acceptors (Lipinski definition) is 5. The quantitative estimate of drug-likeness (QED) is 0.728. The number of amides is 1. The van der Waals surface area contributed by atoms with Gasteiger partial charge in [-0.25, -0.2) is 4.79 Å². The number of nitrogens with zero attached hydrogens (tertiary/aromatic N) is 1. The maximum atomic E-state index is 12.1. The number of rotatable bonds is 5. The summed E-state index contributed by atoms with van der Waals surface area (Å²) < 4.78 is 10.7. The fourth-order valence-corrected chi connectivity index (χ4v) is 2.21. The van der Waals surface area contributed by atoms with E-state index in [1.807, 2.05) is 12.1 Å². The van der Waals surface area contributed by atoms with Crippen LogP contribution in [-0.2, 0) is 11.3 Å². The van der Waals surface area contributed by atoms with Gasteiger partial charge in [-0.1, -0.05) is 6.07 Å². The summed E-state index contributed by atoms with van der Waals surface area (Å²) in [6.45, 7) is 2.04. The van der Waals surface area contributed by atoms with Crippen molar-refractivity contribution in [3.8, 4) is 5.75 Å². The first-order valence-corrected chi connectivity index (χ1v) is 7.49. The lowest BCUT2D eigenvalue weighted by molar-refractivity contribution is -0.127. The smallest absolute Gasteiger partial charge is 0.336 e. The molecular weight excluding hydrogens is 308 g/mol. The molecular formula is C18H16N2O4. The number of hydrogen-bond donors (Lipinski definition) is 1. The normalized spacial score (nSPS) is 11.9. The third-order valence-corrected chi connectivity index (χ3v) is 3.47. The molecule has 0 bridgehead atoms. The lowest BCUT2D eigenvalue weighted by atomic mass is 10.2. The van der Waals surface area contributed by atoms with E-state index >= 15 is 0 Å². The highest BCUT2D eigenvalue weighted by Gasteiger charge is 2.14. The monoisotopic (exact) mass is 324 g/mol. The molecule has 0 fully saturated rings. The SMILES string of the molecule is C[C@@H](Oc1ccc2ccc(=O)oc2c1)C(=O)NCc1cccnc1. The van der Waals surface area contributed by atoms with Gasteiger partial charge in [0.1, 0.15) is 11.3 Å². The molecule has 0 aliphatic rings. The average Bonchev–Trinajstić information content (AvgIpc) is 2.60. The van der Waals surface area contributed by atoms with E-state index in [0.717, 1.165) is 10.9 Å². The van der Waals surface area contributed by atoms with E-state index in [9.17, 15) is 9.59 Å². The highest BCUT2D eigenvalue weighted by atomic mass is 16.5. The van der Waals surface area contributed by atoms with Crippen LogP contribution in [0.15, 0.2) is 64.1 Å². The Morgan fingerprint density at radius 1 is 1.29 bits per heavy atom. The summed E-state index contributed by atoms with van der Waals surface area (Å²) in [6.07, 6.45) is 2.68. The number of aromatic nitrogens is 1. The first-order chi connectivity index (χ1) is 11.6. The standard InChI is InChI=1S/C18H16N2O4/c1-12(18(22)20-11-13-3-2-8-19-10-13)23-15-6-4-14-5-7-17(21)24-16(14)9-15/h2-10,12H,11H2,1H3,(H,20,22)/t12-/m1/s1. The van der Waals surface area contributed by atoms with Gasteiger partial charge in [0.15, 0.2) is 6.10 Å². The Hall–Kier alpha value is -3.15. The lowest BCUT2D eigenvalue weighted by Gasteiger charge is -2.15. The van der Waals surface area contributed by atoms with Crippen molar-refractivity contribution < 1.29 is 13.9 Å². The van der Waals surface area contributed by atoms with E-state index in [-0.39, 0.29) is 5.91 Å². The van der Waals surface area contributed by atoms with E-state index < -0.39 is 11.7 Å². The number of ether oxygens (including phenoxy) is 1. The molecule has 3 rings (SSSR count). The van der Waals surface area contributed by atoms with Crippen LogP contribution in [0.25, 0.3) is 11.0 Å². The Morgan fingerprint density at radius 2 is 2.12 bits per heavy atom. The van der Waals surface area contributed by atoms with Gasteiger partial charge in [0.05, 0.1) is 0 Å². The van der Waals surface area contributed by atoms with Crippen LogP contribution < -0.4 is 15.7 Å². The zero-order valence-corrected chi connectivity index (χ0v) is 13.1. The van der Waals surface area contributed by atoms with E-state index in [1.165, 1.54) is 6.07 Å². The molecule has 122 valence electrons. The van der Waals surface area contributed by atoms with Gasteiger partial charge in [0.25, 0.3) is 5.91 Å². The number of benzene rings is 1. The molecule has 1 amide bonds. The van der Waals surface area contributed by atoms with Gasteiger partial charge in [0, 0.05) is 36.5 Å². The lowest BCUT2D eigenvalue weighted by Crippen LogP contribution is -2.35. The molecule has 0 aliphatic heterocycles. The van der Waals surface area contributed by atoms with Crippen LogP contribution >= 0.6 is 0 Å². The molecule has 6 nitrogen and oxygen atoms in total. The van der Waals surface area contributed by atoms with Crippen LogP contribution in [0.1, 0.15) is 12.5 Å². The van der Waals surface area contributed by atoms with Gasteiger partial charge in [-0.3, -0.25) is 9.78 Å². The maximum Gasteiger partial charge on any atom is 0.336 e. The zero-order valence-electron chi connectivity index (χ0n) is 13.1. The van der Waals surface area contributed by atoms with Crippen molar-refractivity contribution in [1.82, 2.24) is 10.3 Å². The molecule has 0 unspecified atom stereocenters. The Kier molecular flexibility index (Phi) is 4.56. The Labute approximate surface area is 138 Å². The van der Waals surface area contributed by atoms with Crippen molar-refractivity contribution >= 4 is 16.9 Å². The number of fused-ring (bicyclic) bond motifs is 1. The summed E-state index contributed by atoms with van der Waals surface area (Å²) >= 11 is 0. The average molecular weight is 324 g/mol. The second-order valence-corrected chi connectivity index (χ2v) is 5.29. The molecule has 1 aromatic carbocycles. The number of pyridine rings is 1. The zero-order chi connectivity index (χ0) is 16.9. The second kappa shape index (κ2) is 6.95. The van der Waals surface area contributed by atoms with Crippen LogP contribution in [0.4, 0.5) is 0 Å². The van der Waals surface area contributed by atoms with E-state index in [0.29, 0.717) is 17.9 Å². The Balaban J connectivity index is 1.64. The second-order valence-electron chi connectivity index (χ2n) is 5.29. The van der Waals surface area contributed by atoms with Gasteiger partial charge in [-0.2, -0.15) is 0 Å². The fourth-order valence-electron chi connectivity index (χ4n) is 2.21. The van der Waals surface area contributed by atoms with E-state index in [4.69, 9.17) is 9.15 Å². The van der Waals surface area contributed by atoms with Crippen LogP contribution in [-0.4, -0.2) is 17.0 Å². The molecule has 0 spiro atoms. The third-order valence-electron chi connectivity index (χ3n) is 3.47. The van der Waals surface area contributed by atoms with Crippen molar-refractivity contribution in [3.63, 3.8) is 0 Å².